The number of hydrogen-bond acceptors (Lipinski definition) is 0. The van der Waals surface area contributed by atoms with Gasteiger partial charge in [-0.05, 0) is 24.0 Å². The third kappa shape index (κ3) is 2.76. The summed E-state index contributed by atoms with van der Waals surface area (Å²) in [4.78, 5) is 0. The Morgan fingerprint density at radius 3 is 1.77 bits per heavy atom. The van der Waals surface area contributed by atoms with E-state index in [9.17, 15) is 0 Å². The Morgan fingerprint density at radius 1 is 1.00 bits per heavy atom. The number of hydrogen-bond donors (Lipinski definition) is 0. The maximum absolute atomic E-state index is 2.53. The van der Waals surface area contributed by atoms with E-state index in [4.69, 9.17) is 0 Å². The van der Waals surface area contributed by atoms with Gasteiger partial charge in [-0.3, -0.25) is 0 Å². The van der Waals surface area contributed by atoms with Crippen molar-refractivity contribution in [2.45, 2.75) is 16.8 Å². The predicted molar refractivity (Wildman–Crippen MR) is 61.5 cm³/mol. The second-order valence-corrected chi connectivity index (χ2v) is 4.36. The minimum Gasteiger partial charge on any atom is -0.0804 e. The third-order valence-corrected chi connectivity index (χ3v) is 3.85. The molecule has 0 unspecified atom stereocenters. The zero-order valence-electron chi connectivity index (χ0n) is 7.33. The molecule has 0 aromatic carbocycles. The van der Waals surface area contributed by atoms with E-state index in [0.29, 0.717) is 3.92 Å². The van der Waals surface area contributed by atoms with E-state index in [1.807, 2.05) is 0 Å². The van der Waals surface area contributed by atoms with Crippen LogP contribution in [0.1, 0.15) is 12.8 Å². The zero-order valence-corrected chi connectivity index (χ0v) is 11.9. The van der Waals surface area contributed by atoms with Gasteiger partial charge in [0.15, 0.2) is 0 Å². The first-order valence-electron chi connectivity index (χ1n) is 4.23. The standard InChI is InChI=1S/C11H11I.Zr/c12-11(9-5-1-2-6-9)10-7-3-4-8-10;/h1-5,7,11H,6,8H2;. The molecule has 0 heterocycles. The van der Waals surface area contributed by atoms with E-state index < -0.39 is 0 Å². The molecule has 2 aliphatic carbocycles. The summed E-state index contributed by atoms with van der Waals surface area (Å²) in [5, 5.41) is 0. The monoisotopic (exact) mass is 360 g/mol. The third-order valence-electron chi connectivity index (χ3n) is 2.25. The Morgan fingerprint density at radius 2 is 1.46 bits per heavy atom. The fraction of sp³-hybridized carbons (Fsp3) is 0.273. The maximum Gasteiger partial charge on any atom is 0.0540 e. The average molecular weight is 361 g/mol. The van der Waals surface area contributed by atoms with Crippen LogP contribution in [0.15, 0.2) is 47.6 Å². The molecule has 0 aromatic heterocycles. The number of allylic oxidation sites excluding steroid dienone is 8. The van der Waals surface area contributed by atoms with Crippen LogP contribution in [-0.2, 0) is 26.2 Å². The predicted octanol–water partition coefficient (Wildman–Crippen LogP) is 3.56. The van der Waals surface area contributed by atoms with Gasteiger partial charge in [0.25, 0.3) is 0 Å². The second-order valence-electron chi connectivity index (χ2n) is 3.11. The Balaban J connectivity index is 0.000000845. The molecule has 2 rings (SSSR count). The molecule has 0 nitrogen and oxygen atoms in total. The molecular weight excluding hydrogens is 350 g/mol. The van der Waals surface area contributed by atoms with Crippen molar-refractivity contribution in [3.05, 3.63) is 47.6 Å². The summed E-state index contributed by atoms with van der Waals surface area (Å²) in [6.45, 7) is 0. The van der Waals surface area contributed by atoms with Crippen molar-refractivity contribution < 1.29 is 26.2 Å². The van der Waals surface area contributed by atoms with Crippen molar-refractivity contribution in [1.29, 1.82) is 0 Å². The summed E-state index contributed by atoms with van der Waals surface area (Å²) in [6, 6.07) is 0. The summed E-state index contributed by atoms with van der Waals surface area (Å²) in [6.07, 6.45) is 15.5. The smallest absolute Gasteiger partial charge is 0.0540 e. The quantitative estimate of drug-likeness (QED) is 0.521. The van der Waals surface area contributed by atoms with Crippen LogP contribution in [0.4, 0.5) is 0 Å². The summed E-state index contributed by atoms with van der Waals surface area (Å²) < 4.78 is 0.618. The van der Waals surface area contributed by atoms with Crippen LogP contribution in [0.2, 0.25) is 0 Å². The molecule has 0 saturated heterocycles. The van der Waals surface area contributed by atoms with Gasteiger partial charge in [0.2, 0.25) is 0 Å². The van der Waals surface area contributed by atoms with Crippen LogP contribution in [0.5, 0.6) is 0 Å². The van der Waals surface area contributed by atoms with Crippen LogP contribution in [-0.4, -0.2) is 3.92 Å². The number of halogens is 1. The van der Waals surface area contributed by atoms with Gasteiger partial charge < -0.3 is 0 Å². The van der Waals surface area contributed by atoms with Gasteiger partial charge in [0, 0.05) is 26.2 Å². The molecule has 0 N–H and O–H groups in total. The van der Waals surface area contributed by atoms with E-state index in [1.165, 1.54) is 0 Å². The first-order valence-corrected chi connectivity index (χ1v) is 5.48. The van der Waals surface area contributed by atoms with Gasteiger partial charge in [-0.1, -0.05) is 59.0 Å². The number of alkyl halides is 1. The zero-order chi connectivity index (χ0) is 8.39. The molecule has 0 aromatic rings. The van der Waals surface area contributed by atoms with Gasteiger partial charge in [-0.15, -0.1) is 0 Å². The Bertz CT molecular complexity index is 267. The molecule has 0 atom stereocenters. The minimum absolute atomic E-state index is 0. The first kappa shape index (κ1) is 11.6. The van der Waals surface area contributed by atoms with Crippen molar-refractivity contribution >= 4 is 22.6 Å². The van der Waals surface area contributed by atoms with Gasteiger partial charge in [-0.25, -0.2) is 0 Å². The molecule has 13 heavy (non-hydrogen) atoms. The molecule has 0 bridgehead atoms. The van der Waals surface area contributed by atoms with Crippen LogP contribution in [0, 0.1) is 0 Å². The minimum atomic E-state index is 0. The van der Waals surface area contributed by atoms with Gasteiger partial charge in [0.05, 0.1) is 3.92 Å². The van der Waals surface area contributed by atoms with E-state index in [2.05, 4.69) is 59.0 Å². The summed E-state index contributed by atoms with van der Waals surface area (Å²) in [7, 11) is 0. The molecule has 0 amide bonds. The van der Waals surface area contributed by atoms with E-state index >= 15 is 0 Å². The van der Waals surface area contributed by atoms with Crippen molar-refractivity contribution in [2.75, 3.05) is 0 Å². The van der Waals surface area contributed by atoms with Crippen molar-refractivity contribution in [3.63, 3.8) is 0 Å². The molecule has 66 valence electrons. The average Bonchev–Trinajstić information content (AvgIpc) is 2.77. The van der Waals surface area contributed by atoms with E-state index in [1.54, 1.807) is 11.1 Å². The Labute approximate surface area is 112 Å². The van der Waals surface area contributed by atoms with Crippen molar-refractivity contribution in [2.24, 2.45) is 0 Å². The largest absolute Gasteiger partial charge is 0.0804 e. The van der Waals surface area contributed by atoms with Crippen LogP contribution in [0.3, 0.4) is 0 Å². The molecular formula is C11H11IZr. The first-order chi connectivity index (χ1) is 5.88. The molecule has 2 aliphatic rings. The van der Waals surface area contributed by atoms with Crippen molar-refractivity contribution in [1.82, 2.24) is 0 Å². The normalized spacial score (nSPS) is 18.9. The summed E-state index contributed by atoms with van der Waals surface area (Å²) in [5.74, 6) is 0. The van der Waals surface area contributed by atoms with Gasteiger partial charge >= 0.3 is 0 Å². The Kier molecular flexibility index (Phi) is 4.89. The topological polar surface area (TPSA) is 0 Å². The van der Waals surface area contributed by atoms with E-state index in [-0.39, 0.29) is 26.2 Å². The number of rotatable bonds is 2. The van der Waals surface area contributed by atoms with Crippen molar-refractivity contribution in [3.8, 4) is 0 Å². The van der Waals surface area contributed by atoms with Gasteiger partial charge in [-0.2, -0.15) is 0 Å². The molecule has 0 fully saturated rings. The van der Waals surface area contributed by atoms with Gasteiger partial charge in [0.1, 0.15) is 0 Å². The fourth-order valence-corrected chi connectivity index (χ4v) is 2.47. The molecule has 0 aliphatic heterocycles. The molecule has 0 saturated carbocycles. The second kappa shape index (κ2) is 5.45. The van der Waals surface area contributed by atoms with Crippen LogP contribution >= 0.6 is 22.6 Å². The maximum atomic E-state index is 2.53. The molecule has 0 radical (unpaired) electrons. The summed E-state index contributed by atoms with van der Waals surface area (Å²) >= 11 is 2.53. The SMILES string of the molecule is IC(C1=CC=CC1)C1=CC=CC1.[Zr]. The van der Waals surface area contributed by atoms with Crippen LogP contribution in [0.25, 0.3) is 0 Å². The van der Waals surface area contributed by atoms with Crippen LogP contribution < -0.4 is 0 Å². The van der Waals surface area contributed by atoms with E-state index in [0.717, 1.165) is 12.8 Å². The Hall–Kier alpha value is 0.573. The molecule has 0 spiro atoms. The summed E-state index contributed by atoms with van der Waals surface area (Å²) in [5.41, 5.74) is 3.09. The fourth-order valence-electron chi connectivity index (χ4n) is 1.54. The molecule has 2 heteroatoms.